The van der Waals surface area contributed by atoms with Crippen molar-refractivity contribution in [3.05, 3.63) is 20.8 Å². The quantitative estimate of drug-likeness (QED) is 0.826. The second-order valence-electron chi connectivity index (χ2n) is 4.78. The zero-order chi connectivity index (χ0) is 14.0. The maximum atomic E-state index is 12.3. The van der Waals surface area contributed by atoms with Crippen molar-refractivity contribution in [2.45, 2.75) is 31.1 Å². The standard InChI is InChI=1S/C12H16BrNO3S2/c1-14(7-10-6-9(13)8-18-10)12(15)11-4-2-3-5-19(11,16)17/h6,8,11H,2-5,7H2,1H3. The largest absolute Gasteiger partial charge is 0.339 e. The molecule has 1 fully saturated rings. The summed E-state index contributed by atoms with van der Waals surface area (Å²) in [6.07, 6.45) is 1.95. The van der Waals surface area contributed by atoms with Gasteiger partial charge in [0.15, 0.2) is 9.84 Å². The fourth-order valence-corrected chi connectivity index (χ4v) is 5.63. The maximum Gasteiger partial charge on any atom is 0.240 e. The van der Waals surface area contributed by atoms with Gasteiger partial charge in [0, 0.05) is 21.8 Å². The molecule has 0 saturated carbocycles. The number of carbonyl (C=O) groups is 1. The van der Waals surface area contributed by atoms with Crippen LogP contribution in [0.3, 0.4) is 0 Å². The van der Waals surface area contributed by atoms with Crippen molar-refractivity contribution in [1.29, 1.82) is 0 Å². The van der Waals surface area contributed by atoms with Gasteiger partial charge in [0.2, 0.25) is 5.91 Å². The molecule has 0 bridgehead atoms. The Morgan fingerprint density at radius 2 is 2.26 bits per heavy atom. The second kappa shape index (κ2) is 5.93. The number of hydrogen-bond acceptors (Lipinski definition) is 4. The molecule has 2 rings (SSSR count). The molecule has 106 valence electrons. The third-order valence-electron chi connectivity index (χ3n) is 3.25. The van der Waals surface area contributed by atoms with Crippen LogP contribution in [0.1, 0.15) is 24.1 Å². The maximum absolute atomic E-state index is 12.3. The molecule has 0 radical (unpaired) electrons. The molecule has 19 heavy (non-hydrogen) atoms. The zero-order valence-electron chi connectivity index (χ0n) is 10.6. The number of carbonyl (C=O) groups excluding carboxylic acids is 1. The number of hydrogen-bond donors (Lipinski definition) is 0. The summed E-state index contributed by atoms with van der Waals surface area (Å²) in [4.78, 5) is 14.8. The highest BCUT2D eigenvalue weighted by Crippen LogP contribution is 2.24. The normalized spacial score (nSPS) is 22.1. The lowest BCUT2D eigenvalue weighted by atomic mass is 10.1. The SMILES string of the molecule is CN(Cc1cc(Br)cs1)C(=O)C1CCCCS1(=O)=O. The van der Waals surface area contributed by atoms with Gasteiger partial charge in [-0.05, 0) is 34.8 Å². The van der Waals surface area contributed by atoms with Gasteiger partial charge in [-0.15, -0.1) is 11.3 Å². The van der Waals surface area contributed by atoms with Gasteiger partial charge in [-0.25, -0.2) is 8.42 Å². The highest BCUT2D eigenvalue weighted by atomic mass is 79.9. The van der Waals surface area contributed by atoms with E-state index >= 15 is 0 Å². The number of amides is 1. The monoisotopic (exact) mass is 365 g/mol. The van der Waals surface area contributed by atoms with E-state index in [0.717, 1.165) is 15.8 Å². The summed E-state index contributed by atoms with van der Waals surface area (Å²) in [5.74, 6) is -0.133. The van der Waals surface area contributed by atoms with E-state index < -0.39 is 15.1 Å². The van der Waals surface area contributed by atoms with Crippen LogP contribution in [0.4, 0.5) is 0 Å². The van der Waals surface area contributed by atoms with E-state index in [-0.39, 0.29) is 11.7 Å². The molecule has 7 heteroatoms. The van der Waals surface area contributed by atoms with Gasteiger partial charge >= 0.3 is 0 Å². The Labute approximate surface area is 125 Å². The fraction of sp³-hybridized carbons (Fsp3) is 0.583. The van der Waals surface area contributed by atoms with Crippen molar-refractivity contribution >= 4 is 43.0 Å². The van der Waals surface area contributed by atoms with E-state index in [4.69, 9.17) is 0 Å². The van der Waals surface area contributed by atoms with E-state index in [1.807, 2.05) is 11.4 Å². The molecular weight excluding hydrogens is 350 g/mol. The number of nitrogens with zero attached hydrogens (tertiary/aromatic N) is 1. The molecule has 1 amide bonds. The lowest BCUT2D eigenvalue weighted by molar-refractivity contribution is -0.130. The number of sulfone groups is 1. The predicted molar refractivity (Wildman–Crippen MR) is 79.9 cm³/mol. The van der Waals surface area contributed by atoms with E-state index in [1.54, 1.807) is 18.4 Å². The Bertz CT molecular complexity index is 567. The average Bonchev–Trinajstić information content (AvgIpc) is 2.73. The summed E-state index contributed by atoms with van der Waals surface area (Å²) in [7, 11) is -1.59. The minimum atomic E-state index is -3.25. The van der Waals surface area contributed by atoms with Crippen molar-refractivity contribution in [3.63, 3.8) is 0 Å². The van der Waals surface area contributed by atoms with Crippen LogP contribution in [-0.4, -0.2) is 37.3 Å². The predicted octanol–water partition coefficient (Wildman–Crippen LogP) is 2.44. The molecule has 2 heterocycles. The molecule has 0 aliphatic carbocycles. The van der Waals surface area contributed by atoms with Gasteiger partial charge in [0.05, 0.1) is 12.3 Å². The van der Waals surface area contributed by atoms with Crippen molar-refractivity contribution in [2.24, 2.45) is 0 Å². The Hall–Kier alpha value is -0.400. The lowest BCUT2D eigenvalue weighted by Crippen LogP contribution is -2.43. The highest BCUT2D eigenvalue weighted by Gasteiger charge is 2.36. The summed E-state index contributed by atoms with van der Waals surface area (Å²) in [5.41, 5.74) is 0. The number of thiophene rings is 1. The van der Waals surface area contributed by atoms with E-state index in [9.17, 15) is 13.2 Å². The van der Waals surface area contributed by atoms with Crippen LogP contribution >= 0.6 is 27.3 Å². The Morgan fingerprint density at radius 3 is 2.84 bits per heavy atom. The van der Waals surface area contributed by atoms with Crippen LogP contribution < -0.4 is 0 Å². The first kappa shape index (κ1) is 15.0. The molecule has 1 saturated heterocycles. The van der Waals surface area contributed by atoms with E-state index in [0.29, 0.717) is 19.4 Å². The minimum Gasteiger partial charge on any atom is -0.339 e. The fourth-order valence-electron chi connectivity index (χ4n) is 2.23. The molecule has 1 aromatic heterocycles. The zero-order valence-corrected chi connectivity index (χ0v) is 13.9. The van der Waals surface area contributed by atoms with Crippen LogP contribution in [0.2, 0.25) is 0 Å². The van der Waals surface area contributed by atoms with Gasteiger partial charge in [0.1, 0.15) is 5.25 Å². The van der Waals surface area contributed by atoms with Crippen molar-refractivity contribution in [2.75, 3.05) is 12.8 Å². The molecule has 0 spiro atoms. The third kappa shape index (κ3) is 3.58. The van der Waals surface area contributed by atoms with Crippen LogP contribution in [0, 0.1) is 0 Å². The molecule has 0 N–H and O–H groups in total. The molecular formula is C12H16BrNO3S2. The number of halogens is 1. The molecule has 0 aromatic carbocycles. The summed E-state index contributed by atoms with van der Waals surface area (Å²) >= 11 is 4.92. The molecule has 1 aliphatic rings. The van der Waals surface area contributed by atoms with Gasteiger partial charge < -0.3 is 4.90 Å². The first-order valence-corrected chi connectivity index (χ1v) is 9.48. The lowest BCUT2D eigenvalue weighted by Gasteiger charge is -2.26. The first-order chi connectivity index (χ1) is 8.90. The molecule has 1 aromatic rings. The minimum absolute atomic E-state index is 0.141. The van der Waals surface area contributed by atoms with E-state index in [1.165, 1.54) is 4.90 Å². The highest BCUT2D eigenvalue weighted by molar-refractivity contribution is 9.10. The van der Waals surface area contributed by atoms with Crippen molar-refractivity contribution in [1.82, 2.24) is 4.90 Å². The van der Waals surface area contributed by atoms with Gasteiger partial charge in [-0.3, -0.25) is 4.79 Å². The summed E-state index contributed by atoms with van der Waals surface area (Å²) < 4.78 is 24.8. The Kier molecular flexibility index (Phi) is 4.68. The summed E-state index contributed by atoms with van der Waals surface area (Å²) in [6.45, 7) is 0.459. The molecule has 1 unspecified atom stereocenters. The molecule has 4 nitrogen and oxygen atoms in total. The smallest absolute Gasteiger partial charge is 0.240 e. The molecule has 1 atom stereocenters. The van der Waals surface area contributed by atoms with Crippen molar-refractivity contribution in [3.8, 4) is 0 Å². The Balaban J connectivity index is 2.06. The van der Waals surface area contributed by atoms with Gasteiger partial charge in [-0.1, -0.05) is 6.42 Å². The third-order valence-corrected chi connectivity index (χ3v) is 7.09. The molecule has 1 aliphatic heterocycles. The van der Waals surface area contributed by atoms with Gasteiger partial charge in [-0.2, -0.15) is 0 Å². The average molecular weight is 366 g/mol. The summed E-state index contributed by atoms with van der Waals surface area (Å²) in [6, 6.07) is 1.95. The first-order valence-electron chi connectivity index (χ1n) is 6.09. The van der Waals surface area contributed by atoms with Crippen LogP contribution in [0.25, 0.3) is 0 Å². The van der Waals surface area contributed by atoms with Crippen LogP contribution in [0.5, 0.6) is 0 Å². The van der Waals surface area contributed by atoms with Crippen LogP contribution in [-0.2, 0) is 21.2 Å². The van der Waals surface area contributed by atoms with Gasteiger partial charge in [0.25, 0.3) is 0 Å². The second-order valence-corrected chi connectivity index (χ2v) is 8.99. The topological polar surface area (TPSA) is 54.5 Å². The van der Waals surface area contributed by atoms with Crippen molar-refractivity contribution < 1.29 is 13.2 Å². The van der Waals surface area contributed by atoms with Crippen LogP contribution in [0.15, 0.2) is 15.9 Å². The Morgan fingerprint density at radius 1 is 1.53 bits per heavy atom. The van der Waals surface area contributed by atoms with E-state index in [2.05, 4.69) is 15.9 Å². The number of rotatable bonds is 3. The summed E-state index contributed by atoms with van der Waals surface area (Å²) in [5, 5.41) is 1.11.